The van der Waals surface area contributed by atoms with Gasteiger partial charge in [-0.05, 0) is 35.9 Å². The van der Waals surface area contributed by atoms with Crippen LogP contribution in [0.25, 0.3) is 11.3 Å². The van der Waals surface area contributed by atoms with Gasteiger partial charge in [0.05, 0.1) is 33.1 Å². The molecule has 0 radical (unpaired) electrons. The van der Waals surface area contributed by atoms with Crippen LogP contribution in [-0.2, 0) is 11.2 Å². The summed E-state index contributed by atoms with van der Waals surface area (Å²) in [6.07, 6.45) is 2.06. The predicted molar refractivity (Wildman–Crippen MR) is 118 cm³/mol. The monoisotopic (exact) mass is 419 g/mol. The number of nitriles is 1. The van der Waals surface area contributed by atoms with Gasteiger partial charge in [0.2, 0.25) is 0 Å². The minimum atomic E-state index is -2.46. The highest BCUT2D eigenvalue weighted by Gasteiger charge is 2.11. The number of ether oxygens (including phenoxy) is 1. The zero-order valence-corrected chi connectivity index (χ0v) is 16.5. The van der Waals surface area contributed by atoms with E-state index in [1.54, 1.807) is 41.4 Å². The maximum absolute atomic E-state index is 12.1. The first-order valence-corrected chi connectivity index (χ1v) is 9.55. The third-order valence-corrected chi connectivity index (χ3v) is 4.70. The average molecular weight is 420 g/mol. The number of aromatic nitrogens is 2. The molecule has 0 aliphatic carbocycles. The molecule has 1 aliphatic rings. The fraction of sp³-hybridized carbons (Fsp3) is 0.250. The van der Waals surface area contributed by atoms with E-state index < -0.39 is 25.5 Å². The highest BCUT2D eigenvalue weighted by atomic mass is 16.5. The first-order chi connectivity index (χ1) is 17.3. The Labute approximate surface area is 189 Å². The fourth-order valence-corrected chi connectivity index (χ4v) is 3.11. The summed E-state index contributed by atoms with van der Waals surface area (Å²) in [6, 6.07) is 16.8. The van der Waals surface area contributed by atoms with Crippen molar-refractivity contribution in [3.8, 4) is 17.3 Å². The summed E-state index contributed by atoms with van der Waals surface area (Å²) in [5.41, 5.74) is 3.17. The molecule has 0 spiro atoms. The number of rotatable bonds is 6. The van der Waals surface area contributed by atoms with E-state index in [2.05, 4.69) is 9.97 Å². The van der Waals surface area contributed by atoms with E-state index in [9.17, 15) is 4.79 Å². The SMILES string of the molecule is [2H]C([2H])(C#N)NC(=O)c1ccc(-c2ccnc(Cc3ccc(N4CC([2H])([2H])OC([2H])([2H])C4)cc3)n2)cc1. The van der Waals surface area contributed by atoms with E-state index in [0.29, 0.717) is 23.6 Å². The number of carbonyl (C=O) groups is 1. The van der Waals surface area contributed by atoms with E-state index in [1.807, 2.05) is 17.4 Å². The number of nitrogens with one attached hydrogen (secondary N) is 1. The minimum Gasteiger partial charge on any atom is -0.378 e. The van der Waals surface area contributed by atoms with Gasteiger partial charge in [-0.3, -0.25) is 4.79 Å². The largest absolute Gasteiger partial charge is 0.378 e. The lowest BCUT2D eigenvalue weighted by atomic mass is 10.1. The number of amides is 1. The zero-order chi connectivity index (χ0) is 26.8. The molecule has 31 heavy (non-hydrogen) atoms. The lowest BCUT2D eigenvalue weighted by molar-refractivity contribution is 0.0958. The van der Waals surface area contributed by atoms with Crippen molar-refractivity contribution in [2.75, 3.05) is 37.6 Å². The lowest BCUT2D eigenvalue weighted by Crippen LogP contribution is -2.36. The zero-order valence-electron chi connectivity index (χ0n) is 22.5. The highest BCUT2D eigenvalue weighted by molar-refractivity contribution is 5.94. The van der Waals surface area contributed by atoms with Crippen molar-refractivity contribution in [3.63, 3.8) is 0 Å². The van der Waals surface area contributed by atoms with Crippen LogP contribution in [-0.4, -0.2) is 48.6 Å². The summed E-state index contributed by atoms with van der Waals surface area (Å²) < 4.78 is 50.9. The molecule has 1 aliphatic heterocycles. The number of nitrogens with zero attached hydrogens (tertiary/aromatic N) is 4. The van der Waals surface area contributed by atoms with Gasteiger partial charge < -0.3 is 15.0 Å². The molecule has 0 atom stereocenters. The molecule has 7 nitrogen and oxygen atoms in total. The second-order valence-corrected chi connectivity index (χ2v) is 6.72. The quantitative estimate of drug-likeness (QED) is 0.618. The van der Waals surface area contributed by atoms with Crippen LogP contribution in [0.1, 0.15) is 30.0 Å². The first kappa shape index (κ1) is 14.3. The Bertz CT molecular complexity index is 1310. The summed E-state index contributed by atoms with van der Waals surface area (Å²) in [7, 11) is 0. The van der Waals surface area contributed by atoms with Crippen LogP contribution in [0.2, 0.25) is 0 Å². The van der Waals surface area contributed by atoms with Crippen molar-refractivity contribution in [1.82, 2.24) is 15.3 Å². The number of carbonyl (C=O) groups excluding carboxylic acids is 1. The summed E-state index contributed by atoms with van der Waals surface area (Å²) in [5.74, 6) is -0.136. The molecule has 0 bridgehead atoms. The van der Waals surface area contributed by atoms with Crippen LogP contribution >= 0.6 is 0 Å². The second kappa shape index (κ2) is 9.83. The Balaban J connectivity index is 1.44. The van der Waals surface area contributed by atoms with Crippen LogP contribution in [0, 0.1) is 11.3 Å². The Morgan fingerprint density at radius 1 is 1.16 bits per heavy atom. The molecule has 1 saturated heterocycles. The van der Waals surface area contributed by atoms with E-state index in [1.165, 1.54) is 18.2 Å². The molecule has 7 heteroatoms. The maximum Gasteiger partial charge on any atom is 0.252 e. The molecule has 0 unspecified atom stereocenters. The highest BCUT2D eigenvalue weighted by Crippen LogP contribution is 2.20. The molecule has 156 valence electrons. The van der Waals surface area contributed by atoms with E-state index in [0.717, 1.165) is 11.1 Å². The Kier molecular flexibility index (Phi) is 4.53. The third-order valence-electron chi connectivity index (χ3n) is 4.70. The number of hydrogen-bond acceptors (Lipinski definition) is 6. The molecule has 1 N–H and O–H groups in total. The van der Waals surface area contributed by atoms with Crippen molar-refractivity contribution < 1.29 is 17.8 Å². The van der Waals surface area contributed by atoms with E-state index >= 15 is 0 Å². The van der Waals surface area contributed by atoms with Crippen molar-refractivity contribution in [3.05, 3.63) is 77.7 Å². The Morgan fingerprint density at radius 2 is 1.90 bits per heavy atom. The number of morpholine rings is 1. The fourth-order valence-electron chi connectivity index (χ4n) is 3.11. The molecule has 1 fully saturated rings. The van der Waals surface area contributed by atoms with E-state index in [4.69, 9.17) is 18.2 Å². The second-order valence-electron chi connectivity index (χ2n) is 6.72. The first-order valence-electron chi connectivity index (χ1n) is 12.6. The number of hydrogen-bond donors (Lipinski definition) is 1. The van der Waals surface area contributed by atoms with Crippen molar-refractivity contribution in [1.29, 1.82) is 5.26 Å². The summed E-state index contributed by atoms with van der Waals surface area (Å²) >= 11 is 0. The molecular weight excluding hydrogens is 390 g/mol. The lowest BCUT2D eigenvalue weighted by Gasteiger charge is -2.28. The van der Waals surface area contributed by atoms with Gasteiger partial charge in [0.1, 0.15) is 12.3 Å². The molecule has 0 saturated carbocycles. The Hall–Kier alpha value is -3.76. The van der Waals surface area contributed by atoms with Crippen molar-refractivity contribution in [2.24, 2.45) is 0 Å². The molecule has 4 rings (SSSR count). The van der Waals surface area contributed by atoms with Gasteiger partial charge in [-0.2, -0.15) is 5.26 Å². The summed E-state index contributed by atoms with van der Waals surface area (Å²) in [6.45, 7) is -6.81. The minimum absolute atomic E-state index is 0.0805. The summed E-state index contributed by atoms with van der Waals surface area (Å²) in [5, 5.41) is 10.7. The molecule has 1 aromatic heterocycles. The maximum atomic E-state index is 12.1. The van der Waals surface area contributed by atoms with Gasteiger partial charge >= 0.3 is 0 Å². The van der Waals surface area contributed by atoms with Gasteiger partial charge in [-0.15, -0.1) is 0 Å². The van der Waals surface area contributed by atoms with E-state index in [-0.39, 0.29) is 18.7 Å². The topological polar surface area (TPSA) is 91.1 Å². The summed E-state index contributed by atoms with van der Waals surface area (Å²) in [4.78, 5) is 22.7. The molecule has 1 amide bonds. The van der Waals surface area contributed by atoms with Crippen LogP contribution in [0.3, 0.4) is 0 Å². The average Bonchev–Trinajstić information content (AvgIpc) is 2.82. The molecule has 3 aromatic rings. The van der Waals surface area contributed by atoms with Gasteiger partial charge in [0.25, 0.3) is 5.91 Å². The molecule has 2 heterocycles. The predicted octanol–water partition coefficient (Wildman–Crippen LogP) is 2.82. The molecular formula is C24H23N5O2. The normalized spacial score (nSPS) is 20.0. The smallest absolute Gasteiger partial charge is 0.252 e. The standard InChI is InChI=1S/C24H23N5O2/c25-10-12-27-24(30)20-5-3-19(4-6-20)22-9-11-26-23(28-22)17-18-1-7-21(8-2-18)29-13-15-31-16-14-29/h1-9,11H,12-17H2,(H,27,30)/i12D2,15D2,16D2. The van der Waals surface area contributed by atoms with Crippen LogP contribution in [0.5, 0.6) is 0 Å². The number of benzene rings is 2. The van der Waals surface area contributed by atoms with Gasteiger partial charge in [0.15, 0.2) is 0 Å². The van der Waals surface area contributed by atoms with Crippen molar-refractivity contribution in [2.45, 2.75) is 6.42 Å². The van der Waals surface area contributed by atoms with Crippen molar-refractivity contribution >= 4 is 11.6 Å². The van der Waals surface area contributed by atoms with Gasteiger partial charge in [-0.25, -0.2) is 9.97 Å². The van der Waals surface area contributed by atoms with Gasteiger partial charge in [-0.1, -0.05) is 24.3 Å². The number of anilines is 1. The third kappa shape index (κ3) is 5.24. The van der Waals surface area contributed by atoms with Crippen LogP contribution in [0.15, 0.2) is 60.8 Å². The van der Waals surface area contributed by atoms with Crippen LogP contribution < -0.4 is 10.2 Å². The molecule has 2 aromatic carbocycles. The Morgan fingerprint density at radius 3 is 2.61 bits per heavy atom. The van der Waals surface area contributed by atoms with Crippen LogP contribution in [0.4, 0.5) is 5.69 Å². The van der Waals surface area contributed by atoms with Gasteiger partial charge in [0, 0.05) is 42.5 Å².